The van der Waals surface area contributed by atoms with E-state index in [4.69, 9.17) is 4.74 Å². The Balaban J connectivity index is 1.51. The molecule has 122 valence electrons. The van der Waals surface area contributed by atoms with E-state index in [-0.39, 0.29) is 5.82 Å². The zero-order valence-electron chi connectivity index (χ0n) is 13.5. The zero-order valence-corrected chi connectivity index (χ0v) is 13.5. The molecule has 4 heteroatoms. The first-order valence-electron chi connectivity index (χ1n) is 8.11. The van der Waals surface area contributed by atoms with Gasteiger partial charge in [-0.25, -0.2) is 4.39 Å². The van der Waals surface area contributed by atoms with Crippen LogP contribution in [0, 0.1) is 5.82 Å². The minimum Gasteiger partial charge on any atom is -0.494 e. The van der Waals surface area contributed by atoms with Crippen LogP contribution in [0.5, 0.6) is 5.75 Å². The smallest absolute Gasteiger partial charge is 0.167 e. The number of hydrogen-bond acceptors (Lipinski definition) is 3. The third kappa shape index (κ3) is 4.02. The van der Waals surface area contributed by atoms with Crippen molar-refractivity contribution < 1.29 is 9.13 Å². The molecular formula is C19H23FN2O. The number of methoxy groups -OCH3 is 1. The average molecular weight is 314 g/mol. The maximum Gasteiger partial charge on any atom is 0.167 e. The Labute approximate surface area is 137 Å². The zero-order chi connectivity index (χ0) is 16.1. The van der Waals surface area contributed by atoms with Gasteiger partial charge in [0.25, 0.3) is 0 Å². The lowest BCUT2D eigenvalue weighted by Gasteiger charge is -2.36. The topological polar surface area (TPSA) is 15.7 Å². The second-order valence-electron chi connectivity index (χ2n) is 5.88. The van der Waals surface area contributed by atoms with Crippen LogP contribution in [0.15, 0.2) is 48.5 Å². The molecule has 2 aromatic rings. The molecule has 0 amide bonds. The molecule has 3 rings (SSSR count). The second-order valence-corrected chi connectivity index (χ2v) is 5.88. The van der Waals surface area contributed by atoms with E-state index in [1.165, 1.54) is 12.7 Å². The summed E-state index contributed by atoms with van der Waals surface area (Å²) in [4.78, 5) is 4.71. The van der Waals surface area contributed by atoms with Crippen molar-refractivity contribution in [3.63, 3.8) is 0 Å². The maximum absolute atomic E-state index is 13.8. The molecule has 2 aromatic carbocycles. The van der Waals surface area contributed by atoms with E-state index in [0.29, 0.717) is 5.75 Å². The quantitative estimate of drug-likeness (QED) is 0.843. The van der Waals surface area contributed by atoms with Gasteiger partial charge in [0.1, 0.15) is 0 Å². The summed E-state index contributed by atoms with van der Waals surface area (Å²) in [5.74, 6) is 0.00625. The monoisotopic (exact) mass is 314 g/mol. The fraction of sp³-hybridized carbons (Fsp3) is 0.368. The molecule has 0 radical (unpaired) electrons. The number of benzene rings is 2. The summed E-state index contributed by atoms with van der Waals surface area (Å²) in [7, 11) is 1.49. The van der Waals surface area contributed by atoms with Gasteiger partial charge in [0.15, 0.2) is 11.6 Å². The minimum absolute atomic E-state index is 0.295. The molecule has 23 heavy (non-hydrogen) atoms. The highest BCUT2D eigenvalue weighted by molar-refractivity contribution is 5.50. The number of hydrogen-bond donors (Lipinski definition) is 0. The summed E-state index contributed by atoms with van der Waals surface area (Å²) in [6.45, 7) is 4.97. The van der Waals surface area contributed by atoms with E-state index >= 15 is 0 Å². The van der Waals surface area contributed by atoms with Crippen LogP contribution in [0.25, 0.3) is 0 Å². The Morgan fingerprint density at radius 2 is 1.74 bits per heavy atom. The third-order valence-corrected chi connectivity index (χ3v) is 4.43. The summed E-state index contributed by atoms with van der Waals surface area (Å²) >= 11 is 0. The highest BCUT2D eigenvalue weighted by Crippen LogP contribution is 2.24. The van der Waals surface area contributed by atoms with Gasteiger partial charge in [0, 0.05) is 44.5 Å². The predicted octanol–water partition coefficient (Wildman–Crippen LogP) is 3.20. The van der Waals surface area contributed by atoms with Gasteiger partial charge in [-0.3, -0.25) is 4.90 Å². The van der Waals surface area contributed by atoms with E-state index in [1.54, 1.807) is 12.1 Å². The Bertz CT molecular complexity index is 625. The molecule has 1 aliphatic rings. The van der Waals surface area contributed by atoms with Gasteiger partial charge in [-0.05, 0) is 24.1 Å². The van der Waals surface area contributed by atoms with Crippen molar-refractivity contribution in [1.82, 2.24) is 4.90 Å². The van der Waals surface area contributed by atoms with Crippen molar-refractivity contribution in [2.24, 2.45) is 0 Å². The molecule has 1 fully saturated rings. The largest absolute Gasteiger partial charge is 0.494 e. The van der Waals surface area contributed by atoms with Crippen molar-refractivity contribution in [2.75, 3.05) is 44.7 Å². The predicted molar refractivity (Wildman–Crippen MR) is 91.8 cm³/mol. The fourth-order valence-electron chi connectivity index (χ4n) is 3.01. The highest BCUT2D eigenvalue weighted by atomic mass is 19.1. The molecule has 0 N–H and O–H groups in total. The number of halogens is 1. The molecule has 0 bridgehead atoms. The van der Waals surface area contributed by atoms with Gasteiger partial charge >= 0.3 is 0 Å². The van der Waals surface area contributed by atoms with E-state index < -0.39 is 0 Å². The van der Waals surface area contributed by atoms with Crippen molar-refractivity contribution in [1.29, 1.82) is 0 Å². The van der Waals surface area contributed by atoms with Gasteiger partial charge in [0.2, 0.25) is 0 Å². The van der Waals surface area contributed by atoms with Crippen LogP contribution in [0.1, 0.15) is 5.56 Å². The van der Waals surface area contributed by atoms with Crippen molar-refractivity contribution in [2.45, 2.75) is 6.42 Å². The van der Waals surface area contributed by atoms with Crippen LogP contribution in [-0.4, -0.2) is 44.7 Å². The molecule has 0 atom stereocenters. The first-order chi connectivity index (χ1) is 11.3. The summed E-state index contributed by atoms with van der Waals surface area (Å²) in [6.07, 6.45) is 1.08. The summed E-state index contributed by atoms with van der Waals surface area (Å²) < 4.78 is 18.8. The Morgan fingerprint density at radius 3 is 2.39 bits per heavy atom. The normalized spacial score (nSPS) is 15.7. The lowest BCUT2D eigenvalue weighted by Crippen LogP contribution is -2.47. The summed E-state index contributed by atoms with van der Waals surface area (Å²) in [6, 6.07) is 15.8. The standard InChI is InChI=1S/C19H23FN2O/c1-23-19-8-7-17(15-18(19)20)22-13-11-21(12-14-22)10-9-16-5-3-2-4-6-16/h2-8,15H,9-14H2,1H3. The lowest BCUT2D eigenvalue weighted by atomic mass is 10.1. The van der Waals surface area contributed by atoms with E-state index in [9.17, 15) is 4.39 Å². The fourth-order valence-corrected chi connectivity index (χ4v) is 3.01. The molecule has 0 unspecified atom stereocenters. The molecule has 0 aliphatic carbocycles. The van der Waals surface area contributed by atoms with Crippen molar-refractivity contribution >= 4 is 5.69 Å². The minimum atomic E-state index is -0.295. The van der Waals surface area contributed by atoms with Gasteiger partial charge < -0.3 is 9.64 Å². The van der Waals surface area contributed by atoms with Gasteiger partial charge in [-0.15, -0.1) is 0 Å². The Morgan fingerprint density at radius 1 is 1.00 bits per heavy atom. The number of anilines is 1. The number of ether oxygens (including phenoxy) is 1. The third-order valence-electron chi connectivity index (χ3n) is 4.43. The maximum atomic E-state index is 13.8. The van der Waals surface area contributed by atoms with E-state index in [1.807, 2.05) is 6.07 Å². The SMILES string of the molecule is COc1ccc(N2CCN(CCc3ccccc3)CC2)cc1F. The first-order valence-corrected chi connectivity index (χ1v) is 8.11. The van der Waals surface area contributed by atoms with E-state index in [2.05, 4.69) is 40.1 Å². The molecule has 3 nitrogen and oxygen atoms in total. The van der Waals surface area contributed by atoms with Crippen LogP contribution in [-0.2, 0) is 6.42 Å². The summed E-state index contributed by atoms with van der Waals surface area (Å²) in [5, 5.41) is 0. The van der Waals surface area contributed by atoms with Crippen LogP contribution >= 0.6 is 0 Å². The molecule has 1 aliphatic heterocycles. The van der Waals surface area contributed by atoms with Crippen LogP contribution in [0.2, 0.25) is 0 Å². The Kier molecular flexibility index (Phi) is 5.13. The molecule has 0 saturated carbocycles. The van der Waals surface area contributed by atoms with Gasteiger partial charge in [-0.2, -0.15) is 0 Å². The van der Waals surface area contributed by atoms with Crippen molar-refractivity contribution in [3.05, 3.63) is 59.9 Å². The molecule has 1 saturated heterocycles. The summed E-state index contributed by atoms with van der Waals surface area (Å²) in [5.41, 5.74) is 2.32. The number of piperazine rings is 1. The van der Waals surface area contributed by atoms with Crippen molar-refractivity contribution in [3.8, 4) is 5.75 Å². The van der Waals surface area contributed by atoms with Crippen LogP contribution in [0.3, 0.4) is 0 Å². The lowest BCUT2D eigenvalue weighted by molar-refractivity contribution is 0.261. The molecule has 0 spiro atoms. The van der Waals surface area contributed by atoms with E-state index in [0.717, 1.165) is 44.8 Å². The molecule has 1 heterocycles. The molecular weight excluding hydrogens is 291 g/mol. The van der Waals surface area contributed by atoms with Crippen LogP contribution in [0.4, 0.5) is 10.1 Å². The Hall–Kier alpha value is -2.07. The van der Waals surface area contributed by atoms with Gasteiger partial charge in [-0.1, -0.05) is 30.3 Å². The molecule has 0 aromatic heterocycles. The van der Waals surface area contributed by atoms with Gasteiger partial charge in [0.05, 0.1) is 7.11 Å². The van der Waals surface area contributed by atoms with Crippen LogP contribution < -0.4 is 9.64 Å². The first kappa shape index (κ1) is 15.8. The second kappa shape index (κ2) is 7.47. The highest BCUT2D eigenvalue weighted by Gasteiger charge is 2.18. The average Bonchev–Trinajstić information content (AvgIpc) is 2.61. The number of rotatable bonds is 5. The number of nitrogens with zero attached hydrogens (tertiary/aromatic N) is 2.